The SMILES string of the molecule is CN(CC1CCC(C(=O)O)O1)C1CCCC1. The van der Waals surface area contributed by atoms with Crippen molar-refractivity contribution in [2.45, 2.75) is 56.8 Å². The minimum Gasteiger partial charge on any atom is -0.479 e. The Kier molecular flexibility index (Phi) is 3.82. The zero-order chi connectivity index (χ0) is 11.5. The summed E-state index contributed by atoms with van der Waals surface area (Å²) in [6, 6.07) is 0.687. The maximum absolute atomic E-state index is 10.8. The molecule has 1 heterocycles. The highest BCUT2D eigenvalue weighted by Crippen LogP contribution is 2.25. The first-order chi connectivity index (χ1) is 7.66. The summed E-state index contributed by atoms with van der Waals surface area (Å²) < 4.78 is 5.51. The normalized spacial score (nSPS) is 31.4. The standard InChI is InChI=1S/C12H21NO3/c1-13(9-4-2-3-5-9)8-10-6-7-11(16-10)12(14)15/h9-11H,2-8H2,1H3,(H,14,15). The van der Waals surface area contributed by atoms with Crippen molar-refractivity contribution in [1.29, 1.82) is 0 Å². The maximum Gasteiger partial charge on any atom is 0.332 e. The fourth-order valence-corrected chi connectivity index (χ4v) is 2.84. The van der Waals surface area contributed by atoms with Crippen molar-refractivity contribution in [1.82, 2.24) is 4.90 Å². The van der Waals surface area contributed by atoms with Crippen LogP contribution in [0, 0.1) is 0 Å². The van der Waals surface area contributed by atoms with Gasteiger partial charge in [0, 0.05) is 12.6 Å². The molecule has 4 nitrogen and oxygen atoms in total. The average molecular weight is 227 g/mol. The van der Waals surface area contributed by atoms with Gasteiger partial charge in [-0.3, -0.25) is 0 Å². The van der Waals surface area contributed by atoms with Gasteiger partial charge < -0.3 is 14.7 Å². The van der Waals surface area contributed by atoms with Gasteiger partial charge in [0.15, 0.2) is 6.10 Å². The van der Waals surface area contributed by atoms with Crippen LogP contribution >= 0.6 is 0 Å². The second-order valence-corrected chi connectivity index (χ2v) is 5.04. The van der Waals surface area contributed by atoms with E-state index in [1.807, 2.05) is 0 Å². The van der Waals surface area contributed by atoms with E-state index in [0.29, 0.717) is 12.5 Å². The molecule has 1 aliphatic carbocycles. The number of aliphatic carboxylic acids is 1. The van der Waals surface area contributed by atoms with E-state index in [9.17, 15) is 4.79 Å². The molecule has 0 spiro atoms. The summed E-state index contributed by atoms with van der Waals surface area (Å²) in [7, 11) is 2.13. The Morgan fingerprint density at radius 1 is 1.31 bits per heavy atom. The summed E-state index contributed by atoms with van der Waals surface area (Å²) in [6.07, 6.45) is 6.33. The molecular formula is C12H21NO3. The summed E-state index contributed by atoms with van der Waals surface area (Å²) in [4.78, 5) is 13.1. The van der Waals surface area contributed by atoms with Crippen LogP contribution < -0.4 is 0 Å². The molecule has 0 aromatic rings. The molecule has 2 fully saturated rings. The highest BCUT2D eigenvalue weighted by atomic mass is 16.5. The van der Waals surface area contributed by atoms with Crippen molar-refractivity contribution in [2.75, 3.05) is 13.6 Å². The number of carboxylic acids is 1. The van der Waals surface area contributed by atoms with Gasteiger partial charge in [-0.25, -0.2) is 4.79 Å². The number of ether oxygens (including phenoxy) is 1. The molecule has 1 N–H and O–H groups in total. The molecule has 1 saturated heterocycles. The lowest BCUT2D eigenvalue weighted by atomic mass is 10.1. The molecule has 4 heteroatoms. The molecule has 1 saturated carbocycles. The molecule has 2 atom stereocenters. The van der Waals surface area contributed by atoms with Crippen molar-refractivity contribution in [3.05, 3.63) is 0 Å². The van der Waals surface area contributed by atoms with E-state index in [0.717, 1.165) is 13.0 Å². The first kappa shape index (κ1) is 11.9. The van der Waals surface area contributed by atoms with E-state index in [1.54, 1.807) is 0 Å². The Morgan fingerprint density at radius 3 is 2.56 bits per heavy atom. The number of likely N-dealkylation sites (N-methyl/N-ethyl adjacent to an activating group) is 1. The Balaban J connectivity index is 1.75. The third-order valence-corrected chi connectivity index (χ3v) is 3.82. The maximum atomic E-state index is 10.8. The average Bonchev–Trinajstić information content (AvgIpc) is 2.87. The van der Waals surface area contributed by atoms with Crippen LogP contribution in [-0.2, 0) is 9.53 Å². The van der Waals surface area contributed by atoms with Crippen LogP contribution in [0.5, 0.6) is 0 Å². The number of carbonyl (C=O) groups is 1. The summed E-state index contributed by atoms with van der Waals surface area (Å²) in [6.45, 7) is 0.883. The quantitative estimate of drug-likeness (QED) is 0.790. The monoisotopic (exact) mass is 227 g/mol. The van der Waals surface area contributed by atoms with Crippen LogP contribution in [0.4, 0.5) is 0 Å². The van der Waals surface area contributed by atoms with Crippen molar-refractivity contribution < 1.29 is 14.6 Å². The lowest BCUT2D eigenvalue weighted by Gasteiger charge is -2.26. The van der Waals surface area contributed by atoms with Crippen LogP contribution in [0.3, 0.4) is 0 Å². The molecule has 2 rings (SSSR count). The fraction of sp³-hybridized carbons (Fsp3) is 0.917. The van der Waals surface area contributed by atoms with Crippen LogP contribution in [0.1, 0.15) is 38.5 Å². The third-order valence-electron chi connectivity index (χ3n) is 3.82. The van der Waals surface area contributed by atoms with Gasteiger partial charge in [0.2, 0.25) is 0 Å². The second-order valence-electron chi connectivity index (χ2n) is 5.04. The summed E-state index contributed by atoms with van der Waals surface area (Å²) in [5, 5.41) is 8.84. The van der Waals surface area contributed by atoms with E-state index < -0.39 is 12.1 Å². The van der Waals surface area contributed by atoms with E-state index in [4.69, 9.17) is 9.84 Å². The van der Waals surface area contributed by atoms with E-state index in [1.165, 1.54) is 25.7 Å². The van der Waals surface area contributed by atoms with Gasteiger partial charge in [0.1, 0.15) is 0 Å². The molecule has 1 aliphatic heterocycles. The number of hydrogen-bond acceptors (Lipinski definition) is 3. The number of nitrogens with zero attached hydrogens (tertiary/aromatic N) is 1. The zero-order valence-corrected chi connectivity index (χ0v) is 9.89. The van der Waals surface area contributed by atoms with E-state index in [2.05, 4.69) is 11.9 Å². The fourth-order valence-electron chi connectivity index (χ4n) is 2.84. The zero-order valence-electron chi connectivity index (χ0n) is 9.89. The van der Waals surface area contributed by atoms with Gasteiger partial charge in [-0.1, -0.05) is 12.8 Å². The Bertz CT molecular complexity index is 251. The second kappa shape index (κ2) is 5.15. The minimum atomic E-state index is -0.814. The summed E-state index contributed by atoms with van der Waals surface area (Å²) >= 11 is 0. The van der Waals surface area contributed by atoms with Crippen LogP contribution in [0.2, 0.25) is 0 Å². The topological polar surface area (TPSA) is 49.8 Å². The van der Waals surface area contributed by atoms with Crippen molar-refractivity contribution in [3.63, 3.8) is 0 Å². The van der Waals surface area contributed by atoms with E-state index >= 15 is 0 Å². The van der Waals surface area contributed by atoms with E-state index in [-0.39, 0.29) is 6.10 Å². The predicted molar refractivity (Wildman–Crippen MR) is 60.4 cm³/mol. The molecule has 2 aliphatic rings. The van der Waals surface area contributed by atoms with Gasteiger partial charge in [0.25, 0.3) is 0 Å². The molecule has 0 amide bonds. The number of hydrogen-bond donors (Lipinski definition) is 1. The molecular weight excluding hydrogens is 206 g/mol. The van der Waals surface area contributed by atoms with Gasteiger partial charge >= 0.3 is 5.97 Å². The number of rotatable bonds is 4. The molecule has 2 unspecified atom stereocenters. The molecule has 0 aromatic carbocycles. The Labute approximate surface area is 96.6 Å². The summed E-state index contributed by atoms with van der Waals surface area (Å²) in [5.74, 6) is -0.814. The molecule has 0 bridgehead atoms. The van der Waals surface area contributed by atoms with Crippen LogP contribution in [0.15, 0.2) is 0 Å². The smallest absolute Gasteiger partial charge is 0.332 e. The minimum absolute atomic E-state index is 0.117. The Morgan fingerprint density at radius 2 is 2.00 bits per heavy atom. The van der Waals surface area contributed by atoms with Crippen molar-refractivity contribution in [3.8, 4) is 0 Å². The van der Waals surface area contributed by atoms with Gasteiger partial charge in [0.05, 0.1) is 6.10 Å². The summed E-state index contributed by atoms with van der Waals surface area (Å²) in [5.41, 5.74) is 0. The highest BCUT2D eigenvalue weighted by molar-refractivity contribution is 5.72. The first-order valence-corrected chi connectivity index (χ1v) is 6.25. The van der Waals surface area contributed by atoms with Gasteiger partial charge in [-0.15, -0.1) is 0 Å². The molecule has 16 heavy (non-hydrogen) atoms. The highest BCUT2D eigenvalue weighted by Gasteiger charge is 2.32. The van der Waals surface area contributed by atoms with Crippen LogP contribution in [-0.4, -0.2) is 47.8 Å². The van der Waals surface area contributed by atoms with Crippen LogP contribution in [0.25, 0.3) is 0 Å². The molecule has 0 radical (unpaired) electrons. The van der Waals surface area contributed by atoms with Gasteiger partial charge in [-0.2, -0.15) is 0 Å². The number of carboxylic acid groups (broad SMARTS) is 1. The first-order valence-electron chi connectivity index (χ1n) is 6.25. The largest absolute Gasteiger partial charge is 0.479 e. The van der Waals surface area contributed by atoms with Crippen molar-refractivity contribution >= 4 is 5.97 Å². The predicted octanol–water partition coefficient (Wildman–Crippen LogP) is 1.49. The Hall–Kier alpha value is -0.610. The lowest BCUT2D eigenvalue weighted by molar-refractivity contribution is -0.149. The van der Waals surface area contributed by atoms with Crippen molar-refractivity contribution in [2.24, 2.45) is 0 Å². The van der Waals surface area contributed by atoms with Gasteiger partial charge in [-0.05, 0) is 32.7 Å². The third kappa shape index (κ3) is 2.74. The molecule has 0 aromatic heterocycles. The lowest BCUT2D eigenvalue weighted by Crippen LogP contribution is -2.36. The molecule has 92 valence electrons.